The van der Waals surface area contributed by atoms with E-state index >= 15 is 0 Å². The molecule has 4 heteroatoms. The Kier molecular flexibility index (Phi) is 4.49. The molecule has 1 aliphatic heterocycles. The summed E-state index contributed by atoms with van der Waals surface area (Å²) in [4.78, 5) is 4.64. The van der Waals surface area contributed by atoms with Gasteiger partial charge >= 0.3 is 0 Å². The molecular weight excluding hydrogens is 238 g/mol. The number of hydrogen-bond donors (Lipinski definition) is 1. The Bertz CT molecular complexity index is 376. The number of rotatable bonds is 4. The molecule has 1 aromatic heterocycles. The largest absolute Gasteiger partial charge is 0.339 e. The standard InChI is InChI=1S/C15H25N3O/c1-2-4-6-13(5-3-1)15-17-14(19-18-15)8-7-12-9-10-16-11-12/h12-13,16H,1-11H2. The third-order valence-corrected chi connectivity index (χ3v) is 4.63. The number of aryl methyl sites for hydroxylation is 1. The van der Waals surface area contributed by atoms with Crippen LogP contribution in [0, 0.1) is 5.92 Å². The molecule has 4 nitrogen and oxygen atoms in total. The van der Waals surface area contributed by atoms with Gasteiger partial charge in [-0.05, 0) is 44.7 Å². The van der Waals surface area contributed by atoms with Crippen molar-refractivity contribution >= 4 is 0 Å². The topological polar surface area (TPSA) is 51.0 Å². The van der Waals surface area contributed by atoms with Crippen molar-refractivity contribution in [2.75, 3.05) is 13.1 Å². The Balaban J connectivity index is 1.52. The fraction of sp³-hybridized carbons (Fsp3) is 0.867. The summed E-state index contributed by atoms with van der Waals surface area (Å²) >= 11 is 0. The van der Waals surface area contributed by atoms with E-state index in [0.29, 0.717) is 5.92 Å². The van der Waals surface area contributed by atoms with E-state index in [9.17, 15) is 0 Å². The van der Waals surface area contributed by atoms with Crippen LogP contribution in [-0.2, 0) is 6.42 Å². The summed E-state index contributed by atoms with van der Waals surface area (Å²) in [6, 6.07) is 0. The van der Waals surface area contributed by atoms with Gasteiger partial charge in [-0.15, -0.1) is 0 Å². The van der Waals surface area contributed by atoms with Crippen LogP contribution in [0.15, 0.2) is 4.52 Å². The van der Waals surface area contributed by atoms with Crippen molar-refractivity contribution in [1.29, 1.82) is 0 Å². The molecule has 0 aromatic carbocycles. The zero-order chi connectivity index (χ0) is 12.9. The van der Waals surface area contributed by atoms with Gasteiger partial charge in [-0.3, -0.25) is 0 Å². The van der Waals surface area contributed by atoms with Gasteiger partial charge in [0.2, 0.25) is 5.89 Å². The summed E-state index contributed by atoms with van der Waals surface area (Å²) in [6.45, 7) is 2.32. The van der Waals surface area contributed by atoms with Crippen molar-refractivity contribution in [3.05, 3.63) is 11.7 Å². The Labute approximate surface area is 115 Å². The molecule has 1 saturated carbocycles. The molecule has 106 valence electrons. The fourth-order valence-electron chi connectivity index (χ4n) is 3.36. The van der Waals surface area contributed by atoms with Gasteiger partial charge in [0.15, 0.2) is 5.82 Å². The highest BCUT2D eigenvalue weighted by atomic mass is 16.5. The number of nitrogens with zero attached hydrogens (tertiary/aromatic N) is 2. The van der Waals surface area contributed by atoms with Crippen molar-refractivity contribution in [2.24, 2.45) is 5.92 Å². The van der Waals surface area contributed by atoms with Crippen LogP contribution in [0.1, 0.15) is 69.0 Å². The monoisotopic (exact) mass is 263 g/mol. The summed E-state index contributed by atoms with van der Waals surface area (Å²) in [7, 11) is 0. The Morgan fingerprint density at radius 1 is 1.11 bits per heavy atom. The Morgan fingerprint density at radius 2 is 1.95 bits per heavy atom. The van der Waals surface area contributed by atoms with E-state index < -0.39 is 0 Å². The van der Waals surface area contributed by atoms with Crippen molar-refractivity contribution in [3.63, 3.8) is 0 Å². The third kappa shape index (κ3) is 3.56. The number of aromatic nitrogens is 2. The molecule has 0 bridgehead atoms. The van der Waals surface area contributed by atoms with Crippen LogP contribution < -0.4 is 5.32 Å². The highest BCUT2D eigenvalue weighted by molar-refractivity contribution is 4.96. The molecule has 19 heavy (non-hydrogen) atoms. The van der Waals surface area contributed by atoms with Crippen molar-refractivity contribution in [2.45, 2.75) is 63.7 Å². The minimum absolute atomic E-state index is 0.549. The first-order chi connectivity index (χ1) is 9.42. The molecule has 1 aliphatic carbocycles. The average molecular weight is 263 g/mol. The van der Waals surface area contributed by atoms with Gasteiger partial charge in [-0.1, -0.05) is 30.8 Å². The summed E-state index contributed by atoms with van der Waals surface area (Å²) in [5.74, 6) is 3.17. The maximum absolute atomic E-state index is 5.44. The zero-order valence-electron chi connectivity index (χ0n) is 11.7. The highest BCUT2D eigenvalue weighted by Crippen LogP contribution is 2.30. The smallest absolute Gasteiger partial charge is 0.226 e. The van der Waals surface area contributed by atoms with E-state index in [0.717, 1.165) is 30.6 Å². The van der Waals surface area contributed by atoms with Gasteiger partial charge in [-0.25, -0.2) is 0 Å². The normalized spacial score (nSPS) is 25.6. The van der Waals surface area contributed by atoms with Gasteiger partial charge in [0.05, 0.1) is 0 Å². The van der Waals surface area contributed by atoms with Crippen LogP contribution in [-0.4, -0.2) is 23.2 Å². The molecule has 1 atom stereocenters. The minimum Gasteiger partial charge on any atom is -0.339 e. The van der Waals surface area contributed by atoms with Crippen LogP contribution in [0.25, 0.3) is 0 Å². The van der Waals surface area contributed by atoms with E-state index in [-0.39, 0.29) is 0 Å². The van der Waals surface area contributed by atoms with E-state index in [1.54, 1.807) is 0 Å². The third-order valence-electron chi connectivity index (χ3n) is 4.63. The molecule has 0 radical (unpaired) electrons. The quantitative estimate of drug-likeness (QED) is 0.848. The number of hydrogen-bond acceptors (Lipinski definition) is 4. The number of nitrogens with one attached hydrogen (secondary N) is 1. The van der Waals surface area contributed by atoms with E-state index in [2.05, 4.69) is 15.5 Å². The van der Waals surface area contributed by atoms with Crippen LogP contribution >= 0.6 is 0 Å². The second-order valence-corrected chi connectivity index (χ2v) is 6.13. The van der Waals surface area contributed by atoms with Crippen LogP contribution in [0.5, 0.6) is 0 Å². The van der Waals surface area contributed by atoms with Crippen LogP contribution in [0.4, 0.5) is 0 Å². The molecule has 2 aliphatic rings. The molecule has 2 heterocycles. The molecule has 1 N–H and O–H groups in total. The van der Waals surface area contributed by atoms with E-state index in [1.807, 2.05) is 0 Å². The highest BCUT2D eigenvalue weighted by Gasteiger charge is 2.21. The van der Waals surface area contributed by atoms with Crippen LogP contribution in [0.2, 0.25) is 0 Å². The molecule has 3 rings (SSSR count). The fourth-order valence-corrected chi connectivity index (χ4v) is 3.36. The Hall–Kier alpha value is -0.900. The first-order valence-electron chi connectivity index (χ1n) is 7.95. The lowest BCUT2D eigenvalue weighted by Gasteiger charge is -2.07. The maximum atomic E-state index is 5.44. The van der Waals surface area contributed by atoms with Gasteiger partial charge in [0.25, 0.3) is 0 Å². The molecule has 1 saturated heterocycles. The molecule has 1 aromatic rings. The SMILES string of the molecule is C1CCCC(c2noc(CCC3CCNC3)n2)CC1. The predicted octanol–water partition coefficient (Wildman–Crippen LogP) is 3.05. The molecular formula is C15H25N3O. The van der Waals surface area contributed by atoms with Gasteiger partial charge in [0.1, 0.15) is 0 Å². The van der Waals surface area contributed by atoms with Gasteiger partial charge in [0, 0.05) is 12.3 Å². The predicted molar refractivity (Wildman–Crippen MR) is 74.0 cm³/mol. The lowest BCUT2D eigenvalue weighted by Crippen LogP contribution is -2.09. The van der Waals surface area contributed by atoms with Crippen molar-refractivity contribution in [3.8, 4) is 0 Å². The van der Waals surface area contributed by atoms with Crippen molar-refractivity contribution < 1.29 is 4.52 Å². The zero-order valence-corrected chi connectivity index (χ0v) is 11.7. The summed E-state index contributed by atoms with van der Waals surface area (Å²) in [5, 5.41) is 7.63. The van der Waals surface area contributed by atoms with Gasteiger partial charge < -0.3 is 9.84 Å². The van der Waals surface area contributed by atoms with Crippen LogP contribution in [0.3, 0.4) is 0 Å². The molecule has 2 fully saturated rings. The molecule has 1 unspecified atom stereocenters. The minimum atomic E-state index is 0.549. The first-order valence-corrected chi connectivity index (χ1v) is 7.95. The summed E-state index contributed by atoms with van der Waals surface area (Å²) in [5.41, 5.74) is 0. The van der Waals surface area contributed by atoms with Gasteiger partial charge in [-0.2, -0.15) is 4.98 Å². The first kappa shape index (κ1) is 13.1. The molecule has 0 spiro atoms. The Morgan fingerprint density at radius 3 is 2.68 bits per heavy atom. The lowest BCUT2D eigenvalue weighted by atomic mass is 10.00. The molecule has 0 amide bonds. The average Bonchev–Trinajstić information content (AvgIpc) is 3.03. The maximum Gasteiger partial charge on any atom is 0.226 e. The summed E-state index contributed by atoms with van der Waals surface area (Å²) < 4.78 is 5.44. The second kappa shape index (κ2) is 6.51. The second-order valence-electron chi connectivity index (χ2n) is 6.13. The van der Waals surface area contributed by atoms with E-state index in [4.69, 9.17) is 4.52 Å². The lowest BCUT2D eigenvalue weighted by molar-refractivity contribution is 0.356. The van der Waals surface area contributed by atoms with E-state index in [1.165, 1.54) is 57.9 Å². The summed E-state index contributed by atoms with van der Waals surface area (Å²) in [6.07, 6.45) is 11.3. The van der Waals surface area contributed by atoms with Crippen molar-refractivity contribution in [1.82, 2.24) is 15.5 Å².